The zero-order valence-electron chi connectivity index (χ0n) is 14.8. The predicted molar refractivity (Wildman–Crippen MR) is 100 cm³/mol. The van der Waals surface area contributed by atoms with E-state index in [1.807, 2.05) is 30.3 Å². The number of carbonyl (C=O) groups excluding carboxylic acids is 3. The molecule has 1 fully saturated rings. The van der Waals surface area contributed by atoms with Gasteiger partial charge in [-0.15, -0.1) is 0 Å². The SMILES string of the molecule is CC(=O)c1cccc(NC(=O)C2CCN(C(=O)c3ccccc3)CC2)c1. The Balaban J connectivity index is 1.56. The fourth-order valence-electron chi connectivity index (χ4n) is 3.17. The number of hydrogen-bond acceptors (Lipinski definition) is 3. The highest BCUT2D eigenvalue weighted by molar-refractivity contribution is 5.98. The van der Waals surface area contributed by atoms with Gasteiger partial charge in [0.25, 0.3) is 5.91 Å². The molecule has 5 nitrogen and oxygen atoms in total. The molecule has 2 aromatic carbocycles. The van der Waals surface area contributed by atoms with E-state index in [1.54, 1.807) is 29.2 Å². The van der Waals surface area contributed by atoms with Gasteiger partial charge in [0.2, 0.25) is 5.91 Å². The van der Waals surface area contributed by atoms with Crippen molar-refractivity contribution in [2.75, 3.05) is 18.4 Å². The summed E-state index contributed by atoms with van der Waals surface area (Å²) in [7, 11) is 0. The van der Waals surface area contributed by atoms with Crippen LogP contribution in [0.5, 0.6) is 0 Å². The third-order valence-electron chi connectivity index (χ3n) is 4.71. The number of likely N-dealkylation sites (tertiary alicyclic amines) is 1. The van der Waals surface area contributed by atoms with Crippen molar-refractivity contribution in [3.05, 3.63) is 65.7 Å². The molecular weight excluding hydrogens is 328 g/mol. The van der Waals surface area contributed by atoms with Crippen LogP contribution in [0.3, 0.4) is 0 Å². The summed E-state index contributed by atoms with van der Waals surface area (Å²) in [6.45, 7) is 2.64. The highest BCUT2D eigenvalue weighted by Gasteiger charge is 2.27. The molecule has 2 aromatic rings. The maximum atomic E-state index is 12.5. The summed E-state index contributed by atoms with van der Waals surface area (Å²) in [5, 5.41) is 2.89. The number of rotatable bonds is 4. The summed E-state index contributed by atoms with van der Waals surface area (Å²) >= 11 is 0. The second-order valence-corrected chi connectivity index (χ2v) is 6.56. The Morgan fingerprint density at radius 3 is 2.23 bits per heavy atom. The Morgan fingerprint density at radius 2 is 1.58 bits per heavy atom. The first-order chi connectivity index (χ1) is 12.5. The fourth-order valence-corrected chi connectivity index (χ4v) is 3.17. The first-order valence-electron chi connectivity index (χ1n) is 8.81. The first-order valence-corrected chi connectivity index (χ1v) is 8.81. The molecule has 1 aliphatic rings. The second kappa shape index (κ2) is 7.95. The quantitative estimate of drug-likeness (QED) is 0.860. The molecule has 26 heavy (non-hydrogen) atoms. The molecule has 1 heterocycles. The zero-order chi connectivity index (χ0) is 18.5. The molecule has 0 unspecified atom stereocenters. The molecule has 1 saturated heterocycles. The molecule has 134 valence electrons. The minimum atomic E-state index is -0.129. The van der Waals surface area contributed by atoms with Crippen LogP contribution in [0.2, 0.25) is 0 Å². The van der Waals surface area contributed by atoms with Gasteiger partial charge >= 0.3 is 0 Å². The molecule has 0 aliphatic carbocycles. The van der Waals surface area contributed by atoms with E-state index >= 15 is 0 Å². The van der Waals surface area contributed by atoms with Crippen LogP contribution in [-0.4, -0.2) is 35.6 Å². The molecule has 0 atom stereocenters. The van der Waals surface area contributed by atoms with E-state index in [4.69, 9.17) is 0 Å². The van der Waals surface area contributed by atoms with Crippen LogP contribution in [0, 0.1) is 5.92 Å². The lowest BCUT2D eigenvalue weighted by molar-refractivity contribution is -0.121. The van der Waals surface area contributed by atoms with Crippen LogP contribution in [0.15, 0.2) is 54.6 Å². The summed E-state index contributed by atoms with van der Waals surface area (Å²) in [6, 6.07) is 16.2. The third-order valence-corrected chi connectivity index (χ3v) is 4.71. The van der Waals surface area contributed by atoms with Crippen molar-refractivity contribution in [3.8, 4) is 0 Å². The van der Waals surface area contributed by atoms with E-state index < -0.39 is 0 Å². The number of piperidine rings is 1. The number of Topliss-reactive ketones (excluding diaryl/α,β-unsaturated/α-hetero) is 1. The van der Waals surface area contributed by atoms with E-state index in [1.165, 1.54) is 6.92 Å². The maximum Gasteiger partial charge on any atom is 0.253 e. The van der Waals surface area contributed by atoms with Crippen LogP contribution in [0.25, 0.3) is 0 Å². The van der Waals surface area contributed by atoms with E-state index in [0.717, 1.165) is 0 Å². The van der Waals surface area contributed by atoms with Crippen molar-refractivity contribution < 1.29 is 14.4 Å². The Kier molecular flexibility index (Phi) is 5.46. The van der Waals surface area contributed by atoms with Gasteiger partial charge in [-0.1, -0.05) is 30.3 Å². The third kappa shape index (κ3) is 4.17. The van der Waals surface area contributed by atoms with E-state index in [0.29, 0.717) is 42.7 Å². The van der Waals surface area contributed by atoms with Crippen LogP contribution in [0.4, 0.5) is 5.69 Å². The number of benzene rings is 2. The second-order valence-electron chi connectivity index (χ2n) is 6.56. The standard InChI is InChI=1S/C21H22N2O3/c1-15(24)18-8-5-9-19(14-18)22-20(25)16-10-12-23(13-11-16)21(26)17-6-3-2-4-7-17/h2-9,14,16H,10-13H2,1H3,(H,22,25). The fraction of sp³-hybridized carbons (Fsp3) is 0.286. The molecule has 0 spiro atoms. The number of anilines is 1. The van der Waals surface area contributed by atoms with Gasteiger partial charge in [-0.05, 0) is 44.0 Å². The van der Waals surface area contributed by atoms with Crippen molar-refractivity contribution in [2.24, 2.45) is 5.92 Å². The van der Waals surface area contributed by atoms with E-state index in [2.05, 4.69) is 5.32 Å². The highest BCUT2D eigenvalue weighted by Crippen LogP contribution is 2.21. The summed E-state index contributed by atoms with van der Waals surface area (Å²) in [4.78, 5) is 38.2. The van der Waals surface area contributed by atoms with Gasteiger partial charge < -0.3 is 10.2 Å². The molecule has 5 heteroatoms. The lowest BCUT2D eigenvalue weighted by Gasteiger charge is -2.31. The molecule has 0 radical (unpaired) electrons. The van der Waals surface area contributed by atoms with Crippen molar-refractivity contribution in [1.29, 1.82) is 0 Å². The highest BCUT2D eigenvalue weighted by atomic mass is 16.2. The van der Waals surface area contributed by atoms with Gasteiger partial charge in [-0.2, -0.15) is 0 Å². The van der Waals surface area contributed by atoms with Gasteiger partial charge in [-0.25, -0.2) is 0 Å². The zero-order valence-corrected chi connectivity index (χ0v) is 14.8. The predicted octanol–water partition coefficient (Wildman–Crippen LogP) is 3.38. The first kappa shape index (κ1) is 17.9. The molecule has 0 aromatic heterocycles. The minimum absolute atomic E-state index is 0.0126. The molecule has 2 amide bonds. The number of ketones is 1. The average Bonchev–Trinajstić information content (AvgIpc) is 2.68. The minimum Gasteiger partial charge on any atom is -0.339 e. The Morgan fingerprint density at radius 1 is 0.923 bits per heavy atom. The van der Waals surface area contributed by atoms with Crippen LogP contribution in [0.1, 0.15) is 40.5 Å². The van der Waals surface area contributed by atoms with Gasteiger partial charge in [0.05, 0.1) is 0 Å². The van der Waals surface area contributed by atoms with Crippen molar-refractivity contribution in [2.45, 2.75) is 19.8 Å². The normalized spacial score (nSPS) is 14.7. The lowest BCUT2D eigenvalue weighted by Crippen LogP contribution is -2.41. The maximum absolute atomic E-state index is 12.5. The molecular formula is C21H22N2O3. The van der Waals surface area contributed by atoms with Crippen molar-refractivity contribution >= 4 is 23.3 Å². The monoisotopic (exact) mass is 350 g/mol. The smallest absolute Gasteiger partial charge is 0.253 e. The van der Waals surface area contributed by atoms with Gasteiger partial charge in [0.1, 0.15) is 0 Å². The summed E-state index contributed by atoms with van der Waals surface area (Å²) in [6.07, 6.45) is 1.27. The number of carbonyl (C=O) groups is 3. The van der Waals surface area contributed by atoms with Gasteiger partial charge in [-0.3, -0.25) is 14.4 Å². The molecule has 1 aliphatic heterocycles. The van der Waals surface area contributed by atoms with Crippen LogP contribution >= 0.6 is 0 Å². The molecule has 1 N–H and O–H groups in total. The summed E-state index contributed by atoms with van der Waals surface area (Å²) in [5.74, 6) is -0.208. The average molecular weight is 350 g/mol. The van der Waals surface area contributed by atoms with Crippen molar-refractivity contribution in [3.63, 3.8) is 0 Å². The van der Waals surface area contributed by atoms with Gasteiger partial charge in [0, 0.05) is 35.8 Å². The number of nitrogens with one attached hydrogen (secondary N) is 1. The van der Waals surface area contributed by atoms with Crippen molar-refractivity contribution in [1.82, 2.24) is 4.90 Å². The summed E-state index contributed by atoms with van der Waals surface area (Å²) in [5.41, 5.74) is 1.88. The number of hydrogen-bond donors (Lipinski definition) is 1. The van der Waals surface area contributed by atoms with E-state index in [-0.39, 0.29) is 23.5 Å². The van der Waals surface area contributed by atoms with Crippen LogP contribution in [-0.2, 0) is 4.79 Å². The topological polar surface area (TPSA) is 66.5 Å². The molecule has 3 rings (SSSR count). The largest absolute Gasteiger partial charge is 0.339 e. The Hall–Kier alpha value is -2.95. The van der Waals surface area contributed by atoms with Crippen LogP contribution < -0.4 is 5.32 Å². The number of nitrogens with zero attached hydrogens (tertiary/aromatic N) is 1. The van der Waals surface area contributed by atoms with Gasteiger partial charge in [0.15, 0.2) is 5.78 Å². The molecule has 0 bridgehead atoms. The van der Waals surface area contributed by atoms with E-state index in [9.17, 15) is 14.4 Å². The summed E-state index contributed by atoms with van der Waals surface area (Å²) < 4.78 is 0. The molecule has 0 saturated carbocycles. The Labute approximate surface area is 153 Å². The number of amides is 2. The Bertz CT molecular complexity index is 809. The lowest BCUT2D eigenvalue weighted by atomic mass is 9.95.